The minimum Gasteiger partial charge on any atom is -0.491 e. The van der Waals surface area contributed by atoms with Crippen LogP contribution in [0.2, 0.25) is 0 Å². The van der Waals surface area contributed by atoms with Gasteiger partial charge >= 0.3 is 0 Å². The van der Waals surface area contributed by atoms with Crippen molar-refractivity contribution in [1.82, 2.24) is 4.98 Å². The van der Waals surface area contributed by atoms with Crippen LogP contribution in [0.1, 0.15) is 10.4 Å². The summed E-state index contributed by atoms with van der Waals surface area (Å²) in [6.07, 6.45) is 1.43. The van der Waals surface area contributed by atoms with Gasteiger partial charge in [-0.3, -0.25) is 9.59 Å². The highest BCUT2D eigenvalue weighted by atomic mass is 16.5. The molecule has 2 aromatic rings. The summed E-state index contributed by atoms with van der Waals surface area (Å²) in [5.41, 5.74) is 0.568. The van der Waals surface area contributed by atoms with Gasteiger partial charge in [0.1, 0.15) is 12.4 Å². The number of aromatic amines is 1. The van der Waals surface area contributed by atoms with Gasteiger partial charge in [0.25, 0.3) is 5.91 Å². The van der Waals surface area contributed by atoms with Crippen molar-refractivity contribution in [1.29, 1.82) is 0 Å². The van der Waals surface area contributed by atoms with E-state index in [0.717, 1.165) is 0 Å². The van der Waals surface area contributed by atoms with Gasteiger partial charge in [0.15, 0.2) is 0 Å². The number of pyridine rings is 1. The maximum absolute atomic E-state index is 12.0. The first kappa shape index (κ1) is 14.8. The summed E-state index contributed by atoms with van der Waals surface area (Å²) in [5, 5.41) is 2.71. The summed E-state index contributed by atoms with van der Waals surface area (Å²) in [4.78, 5) is 25.7. The Labute approximate surface area is 121 Å². The first-order valence-electron chi connectivity index (χ1n) is 6.41. The molecule has 1 amide bonds. The molecule has 110 valence electrons. The highest BCUT2D eigenvalue weighted by Crippen LogP contribution is 2.17. The second-order valence-electron chi connectivity index (χ2n) is 4.26. The number of anilines is 1. The third-order valence-electron chi connectivity index (χ3n) is 2.69. The van der Waals surface area contributed by atoms with Crippen LogP contribution in [0.3, 0.4) is 0 Å². The Morgan fingerprint density at radius 3 is 2.86 bits per heavy atom. The van der Waals surface area contributed by atoms with Crippen LogP contribution in [0.15, 0.2) is 47.4 Å². The largest absolute Gasteiger partial charge is 0.491 e. The zero-order valence-electron chi connectivity index (χ0n) is 11.6. The summed E-state index contributed by atoms with van der Waals surface area (Å²) in [6, 6.07) is 9.80. The first-order valence-corrected chi connectivity index (χ1v) is 6.41. The van der Waals surface area contributed by atoms with Gasteiger partial charge in [-0.15, -0.1) is 0 Å². The molecule has 2 N–H and O–H groups in total. The number of amides is 1. The molecule has 0 radical (unpaired) electrons. The standard InChI is InChI=1S/C15H16N2O4/c1-20-7-8-21-13-4-2-3-12(10-13)17-15(19)11-5-6-16-14(18)9-11/h2-6,9-10H,7-8H2,1H3,(H,16,18)(H,17,19). The molecular formula is C15H16N2O4. The molecule has 1 heterocycles. The molecule has 0 unspecified atom stereocenters. The van der Waals surface area contributed by atoms with Crippen LogP contribution in [-0.4, -0.2) is 31.2 Å². The van der Waals surface area contributed by atoms with E-state index in [1.165, 1.54) is 18.3 Å². The Morgan fingerprint density at radius 2 is 2.10 bits per heavy atom. The number of nitrogens with one attached hydrogen (secondary N) is 2. The van der Waals surface area contributed by atoms with Crippen molar-refractivity contribution in [3.05, 3.63) is 58.5 Å². The van der Waals surface area contributed by atoms with Crippen molar-refractivity contribution in [2.24, 2.45) is 0 Å². The number of rotatable bonds is 6. The molecule has 0 bridgehead atoms. The first-order chi connectivity index (χ1) is 10.2. The summed E-state index contributed by atoms with van der Waals surface area (Å²) in [7, 11) is 1.60. The minimum atomic E-state index is -0.352. The molecule has 0 atom stereocenters. The van der Waals surface area contributed by atoms with E-state index in [-0.39, 0.29) is 11.5 Å². The van der Waals surface area contributed by atoms with Crippen LogP contribution in [0.25, 0.3) is 0 Å². The fraction of sp³-hybridized carbons (Fsp3) is 0.200. The lowest BCUT2D eigenvalue weighted by Crippen LogP contribution is -2.15. The van der Waals surface area contributed by atoms with E-state index in [2.05, 4.69) is 10.3 Å². The second kappa shape index (κ2) is 7.25. The van der Waals surface area contributed by atoms with Crippen LogP contribution < -0.4 is 15.6 Å². The fourth-order valence-electron chi connectivity index (χ4n) is 1.70. The van der Waals surface area contributed by atoms with Gasteiger partial charge in [-0.25, -0.2) is 0 Å². The summed E-state index contributed by atoms with van der Waals surface area (Å²) in [5.74, 6) is 0.283. The monoisotopic (exact) mass is 288 g/mol. The van der Waals surface area contributed by atoms with Crippen LogP contribution in [0.5, 0.6) is 5.75 Å². The van der Waals surface area contributed by atoms with E-state index in [0.29, 0.717) is 30.2 Å². The highest BCUT2D eigenvalue weighted by molar-refractivity contribution is 6.04. The molecule has 0 saturated carbocycles. The van der Waals surface area contributed by atoms with Gasteiger partial charge in [-0.05, 0) is 18.2 Å². The molecule has 6 nitrogen and oxygen atoms in total. The summed E-state index contributed by atoms with van der Waals surface area (Å²) < 4.78 is 10.4. The molecule has 0 aliphatic rings. The lowest BCUT2D eigenvalue weighted by Gasteiger charge is -2.09. The molecule has 0 saturated heterocycles. The number of methoxy groups -OCH3 is 1. The zero-order chi connectivity index (χ0) is 15.1. The van der Waals surface area contributed by atoms with Crippen molar-refractivity contribution in [3.63, 3.8) is 0 Å². The average Bonchev–Trinajstić information content (AvgIpc) is 2.48. The van der Waals surface area contributed by atoms with Crippen molar-refractivity contribution in [3.8, 4) is 5.75 Å². The maximum atomic E-state index is 12.0. The van der Waals surface area contributed by atoms with E-state index in [1.807, 2.05) is 0 Å². The Morgan fingerprint density at radius 1 is 1.24 bits per heavy atom. The lowest BCUT2D eigenvalue weighted by molar-refractivity contribution is 0.102. The number of hydrogen-bond donors (Lipinski definition) is 2. The van der Waals surface area contributed by atoms with Gasteiger partial charge in [0.2, 0.25) is 5.56 Å². The molecular weight excluding hydrogens is 272 g/mol. The van der Waals surface area contributed by atoms with Gasteiger partial charge in [-0.2, -0.15) is 0 Å². The van der Waals surface area contributed by atoms with E-state index in [1.54, 1.807) is 31.4 Å². The number of carbonyl (C=O) groups excluding carboxylic acids is 1. The zero-order valence-corrected chi connectivity index (χ0v) is 11.6. The molecule has 1 aromatic carbocycles. The van der Waals surface area contributed by atoms with E-state index in [4.69, 9.17) is 9.47 Å². The predicted molar refractivity (Wildman–Crippen MR) is 78.8 cm³/mol. The van der Waals surface area contributed by atoms with Crippen LogP contribution in [-0.2, 0) is 4.74 Å². The van der Waals surface area contributed by atoms with Gasteiger partial charge in [-0.1, -0.05) is 6.07 Å². The third kappa shape index (κ3) is 4.47. The molecule has 0 aliphatic heterocycles. The lowest BCUT2D eigenvalue weighted by atomic mass is 10.2. The number of ether oxygens (including phenoxy) is 2. The van der Waals surface area contributed by atoms with Crippen LogP contribution in [0.4, 0.5) is 5.69 Å². The quantitative estimate of drug-likeness (QED) is 0.792. The normalized spacial score (nSPS) is 10.1. The van der Waals surface area contributed by atoms with Crippen molar-refractivity contribution in [2.45, 2.75) is 0 Å². The summed E-state index contributed by atoms with van der Waals surface area (Å²) >= 11 is 0. The van der Waals surface area contributed by atoms with Gasteiger partial charge < -0.3 is 19.8 Å². The smallest absolute Gasteiger partial charge is 0.255 e. The number of aromatic nitrogens is 1. The number of H-pyrrole nitrogens is 1. The molecule has 21 heavy (non-hydrogen) atoms. The predicted octanol–water partition coefficient (Wildman–Crippen LogP) is 1.65. The molecule has 0 fully saturated rings. The van der Waals surface area contributed by atoms with E-state index in [9.17, 15) is 9.59 Å². The Balaban J connectivity index is 2.04. The highest BCUT2D eigenvalue weighted by Gasteiger charge is 2.07. The van der Waals surface area contributed by atoms with Crippen LogP contribution in [0, 0.1) is 0 Å². The van der Waals surface area contributed by atoms with Crippen molar-refractivity contribution in [2.75, 3.05) is 25.6 Å². The van der Waals surface area contributed by atoms with Gasteiger partial charge in [0.05, 0.1) is 6.61 Å². The Kier molecular flexibility index (Phi) is 5.11. The average molecular weight is 288 g/mol. The van der Waals surface area contributed by atoms with Crippen LogP contribution >= 0.6 is 0 Å². The van der Waals surface area contributed by atoms with Gasteiger partial charge in [0, 0.05) is 36.7 Å². The van der Waals surface area contributed by atoms with Crippen molar-refractivity contribution >= 4 is 11.6 Å². The molecule has 2 rings (SSSR count). The summed E-state index contributed by atoms with van der Waals surface area (Å²) in [6.45, 7) is 0.922. The minimum absolute atomic E-state index is 0.296. The number of benzene rings is 1. The van der Waals surface area contributed by atoms with E-state index < -0.39 is 0 Å². The van der Waals surface area contributed by atoms with Crippen molar-refractivity contribution < 1.29 is 14.3 Å². The maximum Gasteiger partial charge on any atom is 0.255 e. The molecule has 6 heteroatoms. The Bertz CT molecular complexity index is 666. The van der Waals surface area contributed by atoms with E-state index >= 15 is 0 Å². The topological polar surface area (TPSA) is 80.4 Å². The SMILES string of the molecule is COCCOc1cccc(NC(=O)c2cc[nH]c(=O)c2)c1. The Hall–Kier alpha value is -2.60. The second-order valence-corrected chi connectivity index (χ2v) is 4.26. The molecule has 0 aliphatic carbocycles. The number of hydrogen-bond acceptors (Lipinski definition) is 4. The number of carbonyl (C=O) groups is 1. The third-order valence-corrected chi connectivity index (χ3v) is 2.69. The fourth-order valence-corrected chi connectivity index (χ4v) is 1.70. The molecule has 1 aromatic heterocycles. The molecule has 0 spiro atoms.